The number of ether oxygens (including phenoxy) is 19. The number of carbonyl (C=O) groups is 3. The van der Waals surface area contributed by atoms with Crippen LogP contribution in [0.3, 0.4) is 0 Å². The molecule has 0 aromatic carbocycles. The lowest BCUT2D eigenvalue weighted by Gasteiger charge is -2.52. The summed E-state index contributed by atoms with van der Waals surface area (Å²) in [7, 11) is -5.95. The van der Waals surface area contributed by atoms with Crippen LogP contribution in [0.25, 0.3) is 0 Å². The highest BCUT2D eigenvalue weighted by atomic mass is 31.2. The maximum Gasteiger partial charge on any atom is 0.470 e. The molecule has 50 atom stereocenters. The number of hydrogen-bond donors (Lipinski definition) is 36. The lowest BCUT2D eigenvalue weighted by molar-refractivity contribution is -0.402. The van der Waals surface area contributed by atoms with Crippen LogP contribution in [0.5, 0.6) is 0 Å². The van der Waals surface area contributed by atoms with Crippen molar-refractivity contribution in [2.24, 2.45) is 22.9 Å². The fourth-order valence-corrected chi connectivity index (χ4v) is 16.4. The minimum absolute atomic E-state index is 0.874. The maximum absolute atomic E-state index is 14.5. The van der Waals surface area contributed by atoms with Crippen LogP contribution in [0.2, 0.25) is 0 Å². The van der Waals surface area contributed by atoms with Gasteiger partial charge in [0.15, 0.2) is 44.0 Å². The molecule has 0 saturated carbocycles. The van der Waals surface area contributed by atoms with Gasteiger partial charge in [-0.25, -0.2) is 18.9 Å². The van der Waals surface area contributed by atoms with Gasteiger partial charge in [-0.3, -0.25) is 4.52 Å². The molecule has 127 heavy (non-hydrogen) atoms. The Morgan fingerprint density at radius 2 is 0.740 bits per heavy atom. The summed E-state index contributed by atoms with van der Waals surface area (Å²) in [5.74, 6) is -18.6. The second kappa shape index (κ2) is 43.7. The number of phosphoric acid groups is 1. The summed E-state index contributed by atoms with van der Waals surface area (Å²) in [5, 5.41) is 330. The third-order valence-electron chi connectivity index (χ3n) is 23.2. The van der Waals surface area contributed by atoms with Gasteiger partial charge in [0.1, 0.15) is 201 Å². The molecule has 10 heterocycles. The Hall–Kier alpha value is -3.48. The van der Waals surface area contributed by atoms with E-state index < -0.39 is 416 Å². The fraction of sp³-hybridized carbons (Fsp3) is 0.955. The zero-order valence-electron chi connectivity index (χ0n) is 66.2. The van der Waals surface area contributed by atoms with Crippen molar-refractivity contribution in [3.63, 3.8) is 0 Å². The molecule has 10 aliphatic heterocycles. The van der Waals surface area contributed by atoms with Crippen molar-refractivity contribution < 1.29 is 276 Å². The SMILES string of the molecule is N[C@@H]1[C@@H](O)[C@H](O)[C@@H](CO[C@@H]2O[C@H](CO[C@]3(C(=O)O)C[C@@H](O[C@]4(C(=O)O)C[C@@H](O)[C@@H](O)[C@@H]([C@H](O)CO)O4)[C@@H](O[C@H]4O[C@H](CO[C@@H]5O[C@H](CO)[C@@H](O)[C@H](O)[C@H]5O)[C@@H](O)[C@H](O)[C@H]4O)[C@@H]([C@H](O)CO[C@]4(C(=O)O)C[C@@H](O)[C@@H](O[C@H]5O[C@H](CO[C@@H]6O[C@H](CO)[C@H](O)[C@H](O[C@H]7O[C@H](CO)[C@H](O)[C@H](O)[C@H]7N)[C@H]6N)[C@@H](O)[C@H](O)[C@H]5O)[C@@H]([C@H](O)CO)O4)O3)[C@@H](OP(=O)(O)O)[C@H](O)[C@H]2N)O[C@@H]1O. The Balaban J connectivity index is 0.992. The van der Waals surface area contributed by atoms with Gasteiger partial charge >= 0.3 is 25.7 Å². The Morgan fingerprint density at radius 3 is 1.26 bits per heavy atom. The Bertz CT molecular complexity index is 3550. The monoisotopic (exact) mass is 1890 g/mol. The molecule has 0 bridgehead atoms. The van der Waals surface area contributed by atoms with Crippen LogP contribution < -0.4 is 22.9 Å². The van der Waals surface area contributed by atoms with Crippen LogP contribution in [0, 0.1) is 0 Å². The first-order chi connectivity index (χ1) is 59.5. The number of aliphatic hydroxyl groups is 27. The van der Waals surface area contributed by atoms with Crippen LogP contribution in [-0.2, 0) is 113 Å². The number of carboxylic acid groups (broad SMARTS) is 3. The number of aliphatic carboxylic acids is 3. The maximum atomic E-state index is 14.5. The van der Waals surface area contributed by atoms with Gasteiger partial charge in [0.05, 0.1) is 109 Å². The highest BCUT2D eigenvalue weighted by molar-refractivity contribution is 7.46. The fourth-order valence-electron chi connectivity index (χ4n) is 15.8. The van der Waals surface area contributed by atoms with Crippen molar-refractivity contribution in [2.75, 3.05) is 66.1 Å². The average molecular weight is 1890 g/mol. The molecule has 0 unspecified atom stereocenters. The lowest BCUT2D eigenvalue weighted by atomic mass is 9.89. The summed E-state index contributed by atoms with van der Waals surface area (Å²) in [6, 6.07) is -6.90. The zero-order chi connectivity index (χ0) is 94.2. The van der Waals surface area contributed by atoms with Crippen molar-refractivity contribution in [1.82, 2.24) is 0 Å². The van der Waals surface area contributed by atoms with Gasteiger partial charge < -0.3 is 276 Å². The predicted molar refractivity (Wildman–Crippen MR) is 382 cm³/mol. The molecule has 0 aliphatic carbocycles. The van der Waals surface area contributed by atoms with Crippen molar-refractivity contribution in [1.29, 1.82) is 0 Å². The van der Waals surface area contributed by atoms with Gasteiger partial charge in [0.25, 0.3) is 17.4 Å². The molecule has 0 aromatic heterocycles. The average Bonchev–Trinajstić information content (AvgIpc) is 0.743. The van der Waals surface area contributed by atoms with Crippen molar-refractivity contribution >= 4 is 25.7 Å². The smallest absolute Gasteiger partial charge is 0.470 e. The molecule has 10 saturated heterocycles. The van der Waals surface area contributed by atoms with Crippen molar-refractivity contribution in [2.45, 2.75) is 325 Å². The third-order valence-corrected chi connectivity index (χ3v) is 23.8. The molecule has 0 amide bonds. The highest BCUT2D eigenvalue weighted by Crippen LogP contribution is 2.47. The van der Waals surface area contributed by atoms with Crippen LogP contribution in [0.15, 0.2) is 0 Å². The number of rotatable bonds is 36. The topological polar surface area (TPSA) is 1000 Å². The molecule has 0 spiro atoms. The highest BCUT2D eigenvalue weighted by Gasteiger charge is 2.66. The lowest BCUT2D eigenvalue weighted by Crippen LogP contribution is -2.70. The van der Waals surface area contributed by atoms with Gasteiger partial charge in [0, 0.05) is 19.3 Å². The van der Waals surface area contributed by atoms with E-state index in [1.54, 1.807) is 0 Å². The van der Waals surface area contributed by atoms with Crippen molar-refractivity contribution in [3.8, 4) is 0 Å². The minimum atomic E-state index is -5.95. The number of aliphatic hydroxyl groups excluding tert-OH is 27. The first-order valence-corrected chi connectivity index (χ1v) is 40.9. The summed E-state index contributed by atoms with van der Waals surface area (Å²) in [4.78, 5) is 62.6. The molecular formula is C66H113N4O56P. The van der Waals surface area contributed by atoms with Gasteiger partial charge in [-0.1, -0.05) is 0 Å². The van der Waals surface area contributed by atoms with E-state index in [1.807, 2.05) is 0 Å². The summed E-state index contributed by atoms with van der Waals surface area (Å²) < 4.78 is 127. The molecule has 0 aromatic rings. The Morgan fingerprint density at radius 1 is 0.354 bits per heavy atom. The van der Waals surface area contributed by atoms with Gasteiger partial charge in [-0.05, 0) is 0 Å². The molecule has 60 nitrogen and oxygen atoms in total. The molecule has 738 valence electrons. The summed E-state index contributed by atoms with van der Waals surface area (Å²) in [6.07, 6.45) is -102. The predicted octanol–water partition coefficient (Wildman–Crippen LogP) is -23.3. The van der Waals surface area contributed by atoms with Gasteiger partial charge in [-0.15, -0.1) is 0 Å². The molecular weight excluding hydrogens is 1780 g/mol. The molecule has 0 radical (unpaired) electrons. The van der Waals surface area contributed by atoms with E-state index in [1.165, 1.54) is 0 Å². The minimum Gasteiger partial charge on any atom is -0.477 e. The Labute approximate surface area is 713 Å². The quantitative estimate of drug-likeness (QED) is 0.0259. The van der Waals surface area contributed by atoms with E-state index in [2.05, 4.69) is 0 Å². The largest absolute Gasteiger partial charge is 0.477 e. The van der Waals surface area contributed by atoms with Gasteiger partial charge in [0.2, 0.25) is 0 Å². The van der Waals surface area contributed by atoms with E-state index in [0.717, 1.165) is 0 Å². The van der Waals surface area contributed by atoms with E-state index in [-0.39, 0.29) is 0 Å². The second-order valence-electron chi connectivity index (χ2n) is 31.9. The molecule has 10 rings (SSSR count). The first-order valence-electron chi connectivity index (χ1n) is 39.4. The number of nitrogens with two attached hydrogens (primary N) is 4. The zero-order valence-corrected chi connectivity index (χ0v) is 67.1. The Kier molecular flexibility index (Phi) is 36.3. The van der Waals surface area contributed by atoms with Crippen LogP contribution in [-0.4, -0.2) is 552 Å². The normalized spacial score (nSPS) is 49.3. The van der Waals surface area contributed by atoms with Crippen LogP contribution in [0.1, 0.15) is 19.3 Å². The summed E-state index contributed by atoms with van der Waals surface area (Å²) >= 11 is 0. The molecule has 10 fully saturated rings. The second-order valence-corrected chi connectivity index (χ2v) is 33.1. The first kappa shape index (κ1) is 106. The van der Waals surface area contributed by atoms with E-state index in [4.69, 9.17) is 117 Å². The summed E-state index contributed by atoms with van der Waals surface area (Å²) in [5.41, 5.74) is 24.3. The van der Waals surface area contributed by atoms with E-state index in [0.29, 0.717) is 0 Å². The van der Waals surface area contributed by atoms with Crippen LogP contribution in [0.4, 0.5) is 0 Å². The number of hydrogen-bond acceptors (Lipinski definition) is 55. The molecule has 61 heteroatoms. The summed E-state index contributed by atoms with van der Waals surface area (Å²) in [6.45, 7) is -12.5. The molecule has 10 aliphatic rings. The number of carboxylic acids is 3. The van der Waals surface area contributed by atoms with Gasteiger partial charge in [-0.2, -0.15) is 0 Å². The van der Waals surface area contributed by atoms with E-state index in [9.17, 15) is 182 Å². The third kappa shape index (κ3) is 22.8. The molecule has 40 N–H and O–H groups in total. The standard InChI is InChI=1S/C66H113N4O56P/c67-27-38(88)34(84)23(112-54(27)97)10-107-55-29(69)40(90)51(126-127(104,105)106)26(118-55)13-111-65(62(100)101)3-19(122-66(63(102)103)1-14(76)31(81)47(123-66)16(78)4-71)52(120-60-46(96)43(93)36(86)25(117-60)12-109-58-44(94)41(91)33(83)21(7-74)115-58)50(125-65)18(80)9-110-64(61(98)99)2-15(77)48(49(124-64)17(79)5-72)119-59-45(95)42(92)35(85)24(116-59)11-108-56-30(70)53(37(87)22(8-75)113-56)121-57-28(68)39(89)32(82)20(6-73)114-57/h14-60,71-97H,1-13,67-70H2,(H,98,99)(H,100,101)(H,102,103)(H2,104,105,106)/t14-,15-,16-,17-,18-,19-,20-,21-,22-,23-,24-,25-,26-,27-,28-,29-,30-,31-,32+,33-,34-,35-,36-,37+,38-,39-,40-,41+,42+,43+,44-,45-,46-,47-,48-,49-,50-,51-,52-,53-,54+,55-,56-,57-,58-,59-,60-,64-,65-,66-/m1/s1. The van der Waals surface area contributed by atoms with Crippen LogP contribution >= 0.6 is 7.82 Å². The number of phosphoric ester groups is 1. The van der Waals surface area contributed by atoms with E-state index >= 15 is 0 Å². The van der Waals surface area contributed by atoms with Crippen molar-refractivity contribution in [3.05, 3.63) is 0 Å².